The van der Waals surface area contributed by atoms with Crippen LogP contribution >= 0.6 is 0 Å². The third-order valence-corrected chi connectivity index (χ3v) is 3.47. The lowest BCUT2D eigenvalue weighted by Gasteiger charge is -2.07. The molecule has 11 heteroatoms. The fourth-order valence-corrected chi connectivity index (χ4v) is 2.13. The molecule has 0 unspecified atom stereocenters. The van der Waals surface area contributed by atoms with Gasteiger partial charge in [0.05, 0.1) is 31.7 Å². The molecule has 0 fully saturated rings. The Balaban J connectivity index is 1.67. The van der Waals surface area contributed by atoms with Crippen molar-refractivity contribution in [2.24, 2.45) is 0 Å². The summed E-state index contributed by atoms with van der Waals surface area (Å²) in [5.41, 5.74) is 1.03. The quantitative estimate of drug-likeness (QED) is 0.446. The molecule has 11 nitrogen and oxygen atoms in total. The summed E-state index contributed by atoms with van der Waals surface area (Å²) in [4.78, 5) is 27.8. The number of aromatic nitrogens is 5. The molecule has 0 aliphatic carbocycles. The summed E-state index contributed by atoms with van der Waals surface area (Å²) in [6.07, 6.45) is 2.38. The molecule has 2 aromatic rings. The molecule has 2 aromatic heterocycles. The van der Waals surface area contributed by atoms with Gasteiger partial charge in [-0.3, -0.25) is 14.6 Å². The van der Waals surface area contributed by atoms with E-state index < -0.39 is 0 Å². The second-order valence-corrected chi connectivity index (χ2v) is 5.79. The van der Waals surface area contributed by atoms with Crippen molar-refractivity contribution in [3.8, 4) is 11.5 Å². The molecule has 2 rings (SSSR count). The number of amides is 2. The summed E-state index contributed by atoms with van der Waals surface area (Å²) in [7, 11) is 0. The molecule has 0 radical (unpaired) electrons. The highest BCUT2D eigenvalue weighted by Gasteiger charge is 2.08. The SMILES string of the molecule is Cc1nnc(-c2ccc(NC(=O)CCCC(=O)NCCOCCO)cn2)nn1. The number of ether oxygens (including phenoxy) is 1. The molecule has 0 aliphatic rings. The van der Waals surface area contributed by atoms with E-state index in [0.29, 0.717) is 42.6 Å². The van der Waals surface area contributed by atoms with E-state index in [0.717, 1.165) is 0 Å². The van der Waals surface area contributed by atoms with Crippen LogP contribution in [0.5, 0.6) is 0 Å². The number of aliphatic hydroxyl groups is 1. The maximum atomic E-state index is 12.0. The Hall–Kier alpha value is -3.05. The van der Waals surface area contributed by atoms with Crippen molar-refractivity contribution in [1.82, 2.24) is 30.7 Å². The predicted octanol–water partition coefficient (Wildman–Crippen LogP) is -0.129. The van der Waals surface area contributed by atoms with Gasteiger partial charge in [-0.1, -0.05) is 0 Å². The van der Waals surface area contributed by atoms with Gasteiger partial charge in [-0.2, -0.15) is 0 Å². The average molecular weight is 389 g/mol. The summed E-state index contributed by atoms with van der Waals surface area (Å²) in [5, 5.41) is 29.4. The topological polar surface area (TPSA) is 152 Å². The zero-order valence-corrected chi connectivity index (χ0v) is 15.6. The Morgan fingerprint density at radius 2 is 1.82 bits per heavy atom. The third-order valence-electron chi connectivity index (χ3n) is 3.47. The summed E-state index contributed by atoms with van der Waals surface area (Å²) >= 11 is 0. The fourth-order valence-electron chi connectivity index (χ4n) is 2.13. The third kappa shape index (κ3) is 7.68. The van der Waals surface area contributed by atoms with Crippen molar-refractivity contribution in [3.05, 3.63) is 24.2 Å². The van der Waals surface area contributed by atoms with Gasteiger partial charge in [-0.15, -0.1) is 20.4 Å². The maximum Gasteiger partial charge on any atom is 0.224 e. The van der Waals surface area contributed by atoms with E-state index in [1.54, 1.807) is 19.1 Å². The Morgan fingerprint density at radius 3 is 2.50 bits per heavy atom. The molecule has 28 heavy (non-hydrogen) atoms. The molecular formula is C17H23N7O4. The monoisotopic (exact) mass is 389 g/mol. The van der Waals surface area contributed by atoms with E-state index in [4.69, 9.17) is 9.84 Å². The lowest BCUT2D eigenvalue weighted by atomic mass is 10.2. The molecule has 0 aromatic carbocycles. The second-order valence-electron chi connectivity index (χ2n) is 5.79. The van der Waals surface area contributed by atoms with Crippen LogP contribution in [0, 0.1) is 6.92 Å². The van der Waals surface area contributed by atoms with Gasteiger partial charge in [0.15, 0.2) is 5.82 Å². The van der Waals surface area contributed by atoms with Gasteiger partial charge < -0.3 is 20.5 Å². The Kier molecular flexibility index (Phi) is 8.82. The van der Waals surface area contributed by atoms with Crippen LogP contribution in [0.2, 0.25) is 0 Å². The van der Waals surface area contributed by atoms with Crippen LogP contribution < -0.4 is 10.6 Å². The average Bonchev–Trinajstić information content (AvgIpc) is 2.69. The highest BCUT2D eigenvalue weighted by Crippen LogP contribution is 2.13. The molecular weight excluding hydrogens is 366 g/mol. The van der Waals surface area contributed by atoms with E-state index in [-0.39, 0.29) is 37.9 Å². The number of nitrogens with zero attached hydrogens (tertiary/aromatic N) is 5. The molecule has 2 heterocycles. The van der Waals surface area contributed by atoms with E-state index in [1.807, 2.05) is 0 Å². The van der Waals surface area contributed by atoms with Crippen molar-refractivity contribution >= 4 is 17.5 Å². The van der Waals surface area contributed by atoms with Gasteiger partial charge in [0.2, 0.25) is 17.6 Å². The van der Waals surface area contributed by atoms with Crippen LogP contribution in [0.1, 0.15) is 25.1 Å². The van der Waals surface area contributed by atoms with Crippen LogP contribution in [0.25, 0.3) is 11.5 Å². The first-order chi connectivity index (χ1) is 13.6. The van der Waals surface area contributed by atoms with Crippen molar-refractivity contribution in [1.29, 1.82) is 0 Å². The lowest BCUT2D eigenvalue weighted by molar-refractivity contribution is -0.121. The van der Waals surface area contributed by atoms with Gasteiger partial charge in [-0.25, -0.2) is 0 Å². The number of carbonyl (C=O) groups excluding carboxylic acids is 2. The number of hydrogen-bond donors (Lipinski definition) is 3. The van der Waals surface area contributed by atoms with Crippen LogP contribution in [0.15, 0.2) is 18.3 Å². The molecule has 0 atom stereocenters. The van der Waals surface area contributed by atoms with Crippen LogP contribution in [-0.4, -0.2) is 68.7 Å². The van der Waals surface area contributed by atoms with Gasteiger partial charge in [-0.05, 0) is 25.5 Å². The zero-order chi connectivity index (χ0) is 20.2. The molecule has 0 saturated carbocycles. The number of carbonyl (C=O) groups is 2. The highest BCUT2D eigenvalue weighted by atomic mass is 16.5. The van der Waals surface area contributed by atoms with Crippen LogP contribution in [-0.2, 0) is 14.3 Å². The largest absolute Gasteiger partial charge is 0.394 e. The second kappa shape index (κ2) is 11.6. The standard InChI is InChI=1S/C17H23N7O4/c1-12-21-23-17(24-22-12)14-6-5-13(11-19-14)20-16(27)4-2-3-15(26)18-7-9-28-10-8-25/h5-6,11,25H,2-4,7-10H2,1H3,(H,18,26)(H,20,27). The number of nitrogens with one attached hydrogen (secondary N) is 2. The van der Waals surface area contributed by atoms with Crippen molar-refractivity contribution in [2.75, 3.05) is 31.7 Å². The number of pyridine rings is 1. The summed E-state index contributed by atoms with van der Waals surface area (Å²) in [5.74, 6) is 0.419. The summed E-state index contributed by atoms with van der Waals surface area (Å²) < 4.78 is 5.03. The van der Waals surface area contributed by atoms with Gasteiger partial charge in [0.1, 0.15) is 5.69 Å². The molecule has 0 bridgehead atoms. The van der Waals surface area contributed by atoms with E-state index in [9.17, 15) is 9.59 Å². The number of anilines is 1. The van der Waals surface area contributed by atoms with Crippen LogP contribution in [0.4, 0.5) is 5.69 Å². The highest BCUT2D eigenvalue weighted by molar-refractivity contribution is 5.90. The van der Waals surface area contributed by atoms with Crippen LogP contribution in [0.3, 0.4) is 0 Å². The van der Waals surface area contributed by atoms with Crippen molar-refractivity contribution < 1.29 is 19.4 Å². The molecule has 0 aliphatic heterocycles. The molecule has 2 amide bonds. The minimum absolute atomic E-state index is 0.0462. The number of hydrogen-bond acceptors (Lipinski definition) is 9. The lowest BCUT2D eigenvalue weighted by Crippen LogP contribution is -2.27. The van der Waals surface area contributed by atoms with Gasteiger partial charge >= 0.3 is 0 Å². The first kappa shape index (κ1) is 21.3. The smallest absolute Gasteiger partial charge is 0.224 e. The fraction of sp³-hybridized carbons (Fsp3) is 0.471. The summed E-state index contributed by atoms with van der Waals surface area (Å²) in [6, 6.07) is 3.35. The van der Waals surface area contributed by atoms with E-state index >= 15 is 0 Å². The first-order valence-corrected chi connectivity index (χ1v) is 8.84. The molecule has 150 valence electrons. The van der Waals surface area contributed by atoms with E-state index in [1.165, 1.54) is 6.20 Å². The normalized spacial score (nSPS) is 10.5. The zero-order valence-electron chi connectivity index (χ0n) is 15.6. The minimum atomic E-state index is -0.205. The Labute approximate surface area is 162 Å². The maximum absolute atomic E-state index is 12.0. The predicted molar refractivity (Wildman–Crippen MR) is 99.0 cm³/mol. The first-order valence-electron chi connectivity index (χ1n) is 8.84. The van der Waals surface area contributed by atoms with E-state index in [2.05, 4.69) is 36.0 Å². The Bertz CT molecular complexity index is 753. The van der Waals surface area contributed by atoms with Gasteiger partial charge in [0, 0.05) is 19.4 Å². The minimum Gasteiger partial charge on any atom is -0.394 e. The number of aliphatic hydroxyl groups excluding tert-OH is 1. The Morgan fingerprint density at radius 1 is 1.07 bits per heavy atom. The number of aryl methyl sites for hydroxylation is 1. The molecule has 0 saturated heterocycles. The summed E-state index contributed by atoms with van der Waals surface area (Å²) in [6.45, 7) is 2.61. The molecule has 0 spiro atoms. The van der Waals surface area contributed by atoms with Crippen molar-refractivity contribution in [2.45, 2.75) is 26.2 Å². The van der Waals surface area contributed by atoms with Gasteiger partial charge in [0.25, 0.3) is 0 Å². The van der Waals surface area contributed by atoms with Crippen molar-refractivity contribution in [3.63, 3.8) is 0 Å². The number of rotatable bonds is 11. The molecule has 3 N–H and O–H groups in total.